The number of rotatable bonds is 5. The fraction of sp³-hybridized carbons (Fsp3) is 0.600. The molecule has 0 saturated heterocycles. The van der Waals surface area contributed by atoms with Crippen molar-refractivity contribution in [2.24, 2.45) is 0 Å². The zero-order valence-corrected chi connectivity index (χ0v) is 12.2. The summed E-state index contributed by atoms with van der Waals surface area (Å²) in [6, 6.07) is 6.45. The van der Waals surface area contributed by atoms with E-state index in [9.17, 15) is 0 Å². The van der Waals surface area contributed by atoms with Crippen LogP contribution in [-0.4, -0.2) is 19.7 Å². The van der Waals surface area contributed by atoms with Crippen LogP contribution in [0.3, 0.4) is 0 Å². The summed E-state index contributed by atoms with van der Waals surface area (Å²) in [6.45, 7) is 5.37. The van der Waals surface area contributed by atoms with Gasteiger partial charge in [-0.1, -0.05) is 31.9 Å². The molecule has 1 aliphatic carbocycles. The number of hydrogen-bond donors (Lipinski definition) is 1. The van der Waals surface area contributed by atoms with Gasteiger partial charge in [0.2, 0.25) is 0 Å². The SMILES string of the molecule is COc1ccc(Cl)cc1C1(CNC(C)C)CCC1. The molecule has 18 heavy (non-hydrogen) atoms. The molecular formula is C15H22ClNO. The van der Waals surface area contributed by atoms with Crippen molar-refractivity contribution in [2.45, 2.75) is 44.6 Å². The molecule has 2 nitrogen and oxygen atoms in total. The Morgan fingerprint density at radius 3 is 2.61 bits per heavy atom. The first-order valence-electron chi connectivity index (χ1n) is 6.65. The first-order valence-corrected chi connectivity index (χ1v) is 7.02. The highest BCUT2D eigenvalue weighted by Crippen LogP contribution is 2.47. The summed E-state index contributed by atoms with van der Waals surface area (Å²) in [6.07, 6.45) is 3.71. The topological polar surface area (TPSA) is 21.3 Å². The monoisotopic (exact) mass is 267 g/mol. The molecule has 0 radical (unpaired) electrons. The van der Waals surface area contributed by atoms with Crippen molar-refractivity contribution in [2.75, 3.05) is 13.7 Å². The smallest absolute Gasteiger partial charge is 0.122 e. The number of benzene rings is 1. The van der Waals surface area contributed by atoms with Gasteiger partial charge in [0.15, 0.2) is 0 Å². The molecule has 1 aromatic rings. The molecule has 0 heterocycles. The highest BCUT2D eigenvalue weighted by atomic mass is 35.5. The van der Waals surface area contributed by atoms with Gasteiger partial charge >= 0.3 is 0 Å². The van der Waals surface area contributed by atoms with Gasteiger partial charge in [0.1, 0.15) is 5.75 Å². The average Bonchev–Trinajstić information content (AvgIpc) is 2.27. The lowest BCUT2D eigenvalue weighted by molar-refractivity contribution is 0.221. The Hall–Kier alpha value is -0.730. The molecule has 1 N–H and O–H groups in total. The molecule has 3 heteroatoms. The molecule has 0 atom stereocenters. The van der Waals surface area contributed by atoms with Crippen molar-refractivity contribution in [3.05, 3.63) is 28.8 Å². The molecule has 0 aliphatic heterocycles. The number of nitrogens with one attached hydrogen (secondary N) is 1. The maximum Gasteiger partial charge on any atom is 0.122 e. The lowest BCUT2D eigenvalue weighted by Crippen LogP contribution is -2.45. The molecule has 1 fully saturated rings. The quantitative estimate of drug-likeness (QED) is 0.877. The second kappa shape index (κ2) is 5.50. The fourth-order valence-electron chi connectivity index (χ4n) is 2.64. The third-order valence-corrected chi connectivity index (χ3v) is 4.13. The van der Waals surface area contributed by atoms with Crippen LogP contribution in [0.2, 0.25) is 5.02 Å². The number of halogens is 1. The van der Waals surface area contributed by atoms with Crippen LogP contribution < -0.4 is 10.1 Å². The predicted octanol–water partition coefficient (Wildman–Crippen LogP) is 3.77. The minimum absolute atomic E-state index is 0.209. The highest BCUT2D eigenvalue weighted by Gasteiger charge is 2.40. The van der Waals surface area contributed by atoms with Crippen molar-refractivity contribution in [3.8, 4) is 5.75 Å². The Balaban J connectivity index is 2.28. The van der Waals surface area contributed by atoms with E-state index in [1.54, 1.807) is 7.11 Å². The van der Waals surface area contributed by atoms with Crippen LogP contribution in [0, 0.1) is 0 Å². The molecule has 100 valence electrons. The standard InChI is InChI=1S/C15H22ClNO/c1-11(2)17-10-15(7-4-8-15)13-9-12(16)5-6-14(13)18-3/h5-6,9,11,17H,4,7-8,10H2,1-3H3. The van der Waals surface area contributed by atoms with Gasteiger partial charge < -0.3 is 10.1 Å². The first-order chi connectivity index (χ1) is 8.57. The van der Waals surface area contributed by atoms with Crippen molar-refractivity contribution < 1.29 is 4.74 Å². The van der Waals surface area contributed by atoms with E-state index in [0.717, 1.165) is 17.3 Å². The summed E-state index contributed by atoms with van der Waals surface area (Å²) < 4.78 is 5.50. The number of ether oxygens (including phenoxy) is 1. The number of methoxy groups -OCH3 is 1. The van der Waals surface area contributed by atoms with Crippen LogP contribution in [-0.2, 0) is 5.41 Å². The van der Waals surface area contributed by atoms with E-state index in [0.29, 0.717) is 6.04 Å². The van der Waals surface area contributed by atoms with Gasteiger partial charge in [0.25, 0.3) is 0 Å². The van der Waals surface area contributed by atoms with E-state index >= 15 is 0 Å². The zero-order chi connectivity index (χ0) is 13.2. The third-order valence-electron chi connectivity index (χ3n) is 3.89. The molecule has 1 aromatic carbocycles. The molecular weight excluding hydrogens is 246 g/mol. The van der Waals surface area contributed by atoms with Crippen molar-refractivity contribution >= 4 is 11.6 Å². The van der Waals surface area contributed by atoms with Gasteiger partial charge in [0.05, 0.1) is 7.11 Å². The average molecular weight is 268 g/mol. The Morgan fingerprint density at radius 1 is 1.39 bits per heavy atom. The third kappa shape index (κ3) is 2.65. The largest absolute Gasteiger partial charge is 0.496 e. The summed E-state index contributed by atoms with van der Waals surface area (Å²) >= 11 is 6.15. The minimum Gasteiger partial charge on any atom is -0.496 e. The molecule has 0 spiro atoms. The Kier molecular flexibility index (Phi) is 4.18. The predicted molar refractivity (Wildman–Crippen MR) is 76.7 cm³/mol. The van der Waals surface area contributed by atoms with E-state index in [4.69, 9.17) is 16.3 Å². The van der Waals surface area contributed by atoms with Gasteiger partial charge in [0, 0.05) is 28.6 Å². The Morgan fingerprint density at radius 2 is 2.11 bits per heavy atom. The second-order valence-electron chi connectivity index (χ2n) is 5.51. The maximum atomic E-state index is 6.15. The molecule has 0 bridgehead atoms. The van der Waals surface area contributed by atoms with E-state index in [2.05, 4.69) is 25.2 Å². The van der Waals surface area contributed by atoms with Gasteiger partial charge in [-0.3, -0.25) is 0 Å². The van der Waals surface area contributed by atoms with E-state index in [1.807, 2.05) is 12.1 Å². The van der Waals surface area contributed by atoms with Crippen LogP contribution in [0.5, 0.6) is 5.75 Å². The normalized spacial score (nSPS) is 17.6. The molecule has 0 aromatic heterocycles. The van der Waals surface area contributed by atoms with Crippen molar-refractivity contribution in [1.82, 2.24) is 5.32 Å². The molecule has 1 aliphatic rings. The van der Waals surface area contributed by atoms with Crippen LogP contribution in [0.1, 0.15) is 38.7 Å². The molecule has 0 unspecified atom stereocenters. The van der Waals surface area contributed by atoms with Gasteiger partial charge in [-0.05, 0) is 31.0 Å². The highest BCUT2D eigenvalue weighted by molar-refractivity contribution is 6.30. The van der Waals surface area contributed by atoms with Gasteiger partial charge in [-0.2, -0.15) is 0 Å². The van der Waals surface area contributed by atoms with Crippen molar-refractivity contribution in [1.29, 1.82) is 0 Å². The van der Waals surface area contributed by atoms with E-state index in [-0.39, 0.29) is 5.41 Å². The molecule has 1 saturated carbocycles. The van der Waals surface area contributed by atoms with E-state index < -0.39 is 0 Å². The van der Waals surface area contributed by atoms with Gasteiger partial charge in [-0.25, -0.2) is 0 Å². The van der Waals surface area contributed by atoms with E-state index in [1.165, 1.54) is 24.8 Å². The zero-order valence-electron chi connectivity index (χ0n) is 11.4. The van der Waals surface area contributed by atoms with Crippen LogP contribution in [0.15, 0.2) is 18.2 Å². The summed E-state index contributed by atoms with van der Waals surface area (Å²) in [5.74, 6) is 0.963. The lowest BCUT2D eigenvalue weighted by atomic mass is 9.64. The van der Waals surface area contributed by atoms with Gasteiger partial charge in [-0.15, -0.1) is 0 Å². The first kappa shape index (κ1) is 13.7. The molecule has 2 rings (SSSR count). The maximum absolute atomic E-state index is 6.15. The van der Waals surface area contributed by atoms with Crippen LogP contribution >= 0.6 is 11.6 Å². The Bertz CT molecular complexity index is 413. The number of hydrogen-bond acceptors (Lipinski definition) is 2. The summed E-state index contributed by atoms with van der Waals surface area (Å²) in [7, 11) is 1.73. The van der Waals surface area contributed by atoms with Crippen LogP contribution in [0.25, 0.3) is 0 Å². The second-order valence-corrected chi connectivity index (χ2v) is 5.95. The fourth-order valence-corrected chi connectivity index (χ4v) is 2.81. The van der Waals surface area contributed by atoms with Crippen LogP contribution in [0.4, 0.5) is 0 Å². The lowest BCUT2D eigenvalue weighted by Gasteiger charge is -2.44. The van der Waals surface area contributed by atoms with Crippen molar-refractivity contribution in [3.63, 3.8) is 0 Å². The summed E-state index contributed by atoms with van der Waals surface area (Å²) in [4.78, 5) is 0. The summed E-state index contributed by atoms with van der Waals surface area (Å²) in [5.41, 5.74) is 1.47. The molecule has 0 amide bonds. The summed E-state index contributed by atoms with van der Waals surface area (Å²) in [5, 5.41) is 4.35. The Labute approximate surface area is 115 Å². The minimum atomic E-state index is 0.209.